The van der Waals surface area contributed by atoms with Gasteiger partial charge in [0.05, 0.1) is 12.3 Å². The van der Waals surface area contributed by atoms with Crippen molar-refractivity contribution in [1.29, 1.82) is 0 Å². The molecule has 3 rings (SSSR count). The maximum atomic E-state index is 12.7. The zero-order chi connectivity index (χ0) is 18.9. The molecule has 26 heavy (non-hydrogen) atoms. The van der Waals surface area contributed by atoms with Gasteiger partial charge in [0.1, 0.15) is 12.3 Å². The van der Waals surface area contributed by atoms with Crippen LogP contribution >= 0.6 is 11.6 Å². The monoisotopic (exact) mass is 375 g/mol. The van der Waals surface area contributed by atoms with E-state index in [0.29, 0.717) is 10.8 Å². The highest BCUT2D eigenvalue weighted by Gasteiger charge is 2.51. The number of halogens is 1. The van der Waals surface area contributed by atoms with Crippen LogP contribution < -0.4 is 10.6 Å². The number of rotatable bonds is 5. The average molecular weight is 376 g/mol. The molecule has 7 nitrogen and oxygen atoms in total. The van der Waals surface area contributed by atoms with E-state index in [-0.39, 0.29) is 12.6 Å². The summed E-state index contributed by atoms with van der Waals surface area (Å²) >= 11 is 5.85. The van der Waals surface area contributed by atoms with Crippen molar-refractivity contribution >= 4 is 29.4 Å². The summed E-state index contributed by atoms with van der Waals surface area (Å²) < 4.78 is 5.25. The molecule has 2 aromatic rings. The number of nitrogens with one attached hydrogen (secondary N) is 2. The molecule has 1 fully saturated rings. The SMILES string of the molecule is CC(NC(=O)CN1C(=O)NC(C)(c2ccco2)C1=O)c1ccc(Cl)cc1. The molecule has 1 aromatic heterocycles. The van der Waals surface area contributed by atoms with Gasteiger partial charge < -0.3 is 15.1 Å². The second-order valence-corrected chi connectivity index (χ2v) is 6.70. The number of hydrogen-bond acceptors (Lipinski definition) is 4. The number of hydrogen-bond donors (Lipinski definition) is 2. The normalized spacial score (nSPS) is 20.8. The maximum Gasteiger partial charge on any atom is 0.325 e. The number of amides is 4. The molecule has 0 spiro atoms. The first-order valence-electron chi connectivity index (χ1n) is 8.04. The number of imide groups is 1. The lowest BCUT2D eigenvalue weighted by Crippen LogP contribution is -2.43. The number of furan rings is 1. The van der Waals surface area contributed by atoms with E-state index in [0.717, 1.165) is 10.5 Å². The van der Waals surface area contributed by atoms with Gasteiger partial charge in [-0.05, 0) is 43.7 Å². The Bertz CT molecular complexity index is 835. The molecule has 4 amide bonds. The second-order valence-electron chi connectivity index (χ2n) is 6.26. The van der Waals surface area contributed by atoms with Crippen molar-refractivity contribution < 1.29 is 18.8 Å². The Balaban J connectivity index is 1.66. The van der Waals surface area contributed by atoms with Crippen molar-refractivity contribution in [1.82, 2.24) is 15.5 Å². The van der Waals surface area contributed by atoms with Crippen LogP contribution in [0.25, 0.3) is 0 Å². The fourth-order valence-corrected chi connectivity index (χ4v) is 2.96. The highest BCUT2D eigenvalue weighted by atomic mass is 35.5. The maximum absolute atomic E-state index is 12.7. The van der Waals surface area contributed by atoms with Crippen LogP contribution in [0.1, 0.15) is 31.2 Å². The van der Waals surface area contributed by atoms with Gasteiger partial charge in [0.15, 0.2) is 5.54 Å². The van der Waals surface area contributed by atoms with Crippen LogP contribution in [0.3, 0.4) is 0 Å². The Morgan fingerprint density at radius 3 is 2.62 bits per heavy atom. The van der Waals surface area contributed by atoms with Gasteiger partial charge in [-0.2, -0.15) is 0 Å². The van der Waals surface area contributed by atoms with Gasteiger partial charge in [0.2, 0.25) is 5.91 Å². The standard InChI is InChI=1S/C18H18ClN3O4/c1-11(12-5-7-13(19)8-6-12)20-15(23)10-22-16(24)18(2,21-17(22)25)14-4-3-9-26-14/h3-9,11H,10H2,1-2H3,(H,20,23)(H,21,25). The molecule has 136 valence electrons. The third-order valence-corrected chi connectivity index (χ3v) is 4.59. The summed E-state index contributed by atoms with van der Waals surface area (Å²) in [5.41, 5.74) is -0.455. The topological polar surface area (TPSA) is 91.7 Å². The van der Waals surface area contributed by atoms with E-state index < -0.39 is 23.4 Å². The molecule has 2 unspecified atom stereocenters. The Hall–Kier alpha value is -2.80. The molecule has 1 aliphatic rings. The smallest absolute Gasteiger partial charge is 0.325 e. The third-order valence-electron chi connectivity index (χ3n) is 4.34. The molecule has 0 radical (unpaired) electrons. The van der Waals surface area contributed by atoms with Crippen LogP contribution in [0.5, 0.6) is 0 Å². The van der Waals surface area contributed by atoms with Gasteiger partial charge >= 0.3 is 6.03 Å². The molecule has 0 saturated carbocycles. The van der Waals surface area contributed by atoms with Crippen LogP contribution in [0.2, 0.25) is 5.02 Å². The fourth-order valence-electron chi connectivity index (χ4n) is 2.84. The van der Waals surface area contributed by atoms with Gasteiger partial charge in [0.25, 0.3) is 5.91 Å². The predicted molar refractivity (Wildman–Crippen MR) is 94.3 cm³/mol. The number of benzene rings is 1. The second kappa shape index (κ2) is 6.84. The Morgan fingerprint density at radius 2 is 2.00 bits per heavy atom. The lowest BCUT2D eigenvalue weighted by Gasteiger charge is -2.20. The Labute approximate surface area is 155 Å². The summed E-state index contributed by atoms with van der Waals surface area (Å²) in [7, 11) is 0. The molecule has 2 N–H and O–H groups in total. The first kappa shape index (κ1) is 18.0. The third kappa shape index (κ3) is 3.30. The molecular weight excluding hydrogens is 358 g/mol. The van der Waals surface area contributed by atoms with Gasteiger partial charge in [-0.1, -0.05) is 23.7 Å². The van der Waals surface area contributed by atoms with Gasteiger partial charge in [-0.15, -0.1) is 0 Å². The number of nitrogens with zero attached hydrogens (tertiary/aromatic N) is 1. The van der Waals surface area contributed by atoms with Gasteiger partial charge in [-0.3, -0.25) is 14.5 Å². The minimum Gasteiger partial charge on any atom is -0.466 e. The summed E-state index contributed by atoms with van der Waals surface area (Å²) in [5, 5.41) is 5.95. The first-order valence-corrected chi connectivity index (χ1v) is 8.42. The highest BCUT2D eigenvalue weighted by molar-refractivity contribution is 6.30. The van der Waals surface area contributed by atoms with Crippen LogP contribution in [-0.2, 0) is 15.1 Å². The number of urea groups is 1. The molecular formula is C18H18ClN3O4. The van der Waals surface area contributed by atoms with Crippen LogP contribution in [0.15, 0.2) is 47.1 Å². The van der Waals surface area contributed by atoms with Gasteiger partial charge in [0, 0.05) is 5.02 Å². The van der Waals surface area contributed by atoms with Crippen molar-refractivity contribution in [3.05, 3.63) is 59.0 Å². The summed E-state index contributed by atoms with van der Waals surface area (Å²) in [6.45, 7) is 2.97. The Morgan fingerprint density at radius 1 is 1.31 bits per heavy atom. The fraction of sp³-hybridized carbons (Fsp3) is 0.278. The summed E-state index contributed by atoms with van der Waals surface area (Å²) in [6.07, 6.45) is 1.42. The van der Waals surface area contributed by atoms with Crippen molar-refractivity contribution in [3.8, 4) is 0 Å². The molecule has 1 saturated heterocycles. The van der Waals surface area contributed by atoms with Crippen molar-refractivity contribution in [2.75, 3.05) is 6.54 Å². The van der Waals surface area contributed by atoms with Crippen LogP contribution in [-0.4, -0.2) is 29.3 Å². The highest BCUT2D eigenvalue weighted by Crippen LogP contribution is 2.28. The van der Waals surface area contributed by atoms with E-state index in [1.807, 2.05) is 0 Å². The van der Waals surface area contributed by atoms with E-state index in [1.54, 1.807) is 50.2 Å². The van der Waals surface area contributed by atoms with Crippen LogP contribution in [0.4, 0.5) is 4.79 Å². The lowest BCUT2D eigenvalue weighted by atomic mass is 9.99. The van der Waals surface area contributed by atoms with Crippen LogP contribution in [0, 0.1) is 0 Å². The molecule has 2 atom stereocenters. The molecule has 0 aliphatic carbocycles. The molecule has 1 aliphatic heterocycles. The first-order chi connectivity index (χ1) is 12.3. The quantitative estimate of drug-likeness (QED) is 0.786. The molecule has 8 heteroatoms. The molecule has 2 heterocycles. The minimum atomic E-state index is -1.32. The Kier molecular flexibility index (Phi) is 4.73. The molecule has 1 aromatic carbocycles. The predicted octanol–water partition coefficient (Wildman–Crippen LogP) is 2.58. The van der Waals surface area contributed by atoms with Crippen molar-refractivity contribution in [2.24, 2.45) is 0 Å². The van der Waals surface area contributed by atoms with E-state index in [1.165, 1.54) is 6.26 Å². The summed E-state index contributed by atoms with van der Waals surface area (Å²) in [5.74, 6) is -0.667. The van der Waals surface area contributed by atoms with E-state index >= 15 is 0 Å². The summed E-state index contributed by atoms with van der Waals surface area (Å²) in [6, 6.07) is 9.36. The van der Waals surface area contributed by atoms with Crippen molar-refractivity contribution in [2.45, 2.75) is 25.4 Å². The zero-order valence-corrected chi connectivity index (χ0v) is 15.0. The van der Waals surface area contributed by atoms with E-state index in [9.17, 15) is 14.4 Å². The zero-order valence-electron chi connectivity index (χ0n) is 14.3. The lowest BCUT2D eigenvalue weighted by molar-refractivity contribution is -0.135. The molecule has 0 bridgehead atoms. The van der Waals surface area contributed by atoms with Gasteiger partial charge in [-0.25, -0.2) is 4.79 Å². The van der Waals surface area contributed by atoms with E-state index in [2.05, 4.69) is 10.6 Å². The largest absolute Gasteiger partial charge is 0.466 e. The van der Waals surface area contributed by atoms with E-state index in [4.69, 9.17) is 16.0 Å². The summed E-state index contributed by atoms with van der Waals surface area (Å²) in [4.78, 5) is 38.0. The van der Waals surface area contributed by atoms with Crippen molar-refractivity contribution in [3.63, 3.8) is 0 Å². The average Bonchev–Trinajstić information content (AvgIpc) is 3.20. The number of carbonyl (C=O) groups is 3. The number of carbonyl (C=O) groups excluding carboxylic acids is 3. The minimum absolute atomic E-state index is 0.294.